The Kier molecular flexibility index (Phi) is 5.48. The van der Waals surface area contributed by atoms with Crippen molar-refractivity contribution in [1.29, 1.82) is 0 Å². The van der Waals surface area contributed by atoms with Crippen LogP contribution >= 0.6 is 0 Å². The molecule has 138 valence electrons. The van der Waals surface area contributed by atoms with Crippen LogP contribution < -0.4 is 14.8 Å². The number of nitrogens with one attached hydrogen (secondary N) is 2. The topological polar surface area (TPSA) is 87.7 Å². The van der Waals surface area contributed by atoms with Crippen LogP contribution in [0, 0.1) is 5.92 Å². The maximum absolute atomic E-state index is 12.4. The van der Waals surface area contributed by atoms with Crippen molar-refractivity contribution < 1.29 is 17.9 Å². The number of amides is 2. The summed E-state index contributed by atoms with van der Waals surface area (Å²) in [5.41, 5.74) is 0.648. The van der Waals surface area contributed by atoms with Gasteiger partial charge >= 0.3 is 6.03 Å². The van der Waals surface area contributed by atoms with Crippen molar-refractivity contribution >= 4 is 21.7 Å². The summed E-state index contributed by atoms with van der Waals surface area (Å²) in [5.74, 6) is 0.907. The number of ether oxygens (including phenoxy) is 1. The highest BCUT2D eigenvalue weighted by molar-refractivity contribution is 7.90. The first-order valence-corrected chi connectivity index (χ1v) is 10.2. The van der Waals surface area contributed by atoms with Gasteiger partial charge in [0.2, 0.25) is 10.0 Å². The molecule has 8 heteroatoms. The molecule has 0 aromatic heterocycles. The van der Waals surface area contributed by atoms with Crippen molar-refractivity contribution in [3.63, 3.8) is 0 Å². The van der Waals surface area contributed by atoms with E-state index in [-0.39, 0.29) is 17.2 Å². The maximum Gasteiger partial charge on any atom is 0.321 e. The minimum Gasteiger partial charge on any atom is -0.495 e. The van der Waals surface area contributed by atoms with Crippen molar-refractivity contribution in [2.45, 2.75) is 30.9 Å². The van der Waals surface area contributed by atoms with Gasteiger partial charge in [0.05, 0.1) is 18.0 Å². The highest BCUT2D eigenvalue weighted by Crippen LogP contribution is 2.28. The fourth-order valence-electron chi connectivity index (χ4n) is 3.01. The third-order valence-corrected chi connectivity index (χ3v) is 6.70. The second-order valence-electron chi connectivity index (χ2n) is 6.65. The minimum absolute atomic E-state index is 0.151. The fourth-order valence-corrected chi connectivity index (χ4v) is 4.47. The summed E-state index contributed by atoms with van der Waals surface area (Å²) >= 11 is 0. The van der Waals surface area contributed by atoms with E-state index in [2.05, 4.69) is 10.0 Å². The number of methoxy groups -OCH3 is 1. The molecule has 25 heavy (non-hydrogen) atoms. The predicted molar refractivity (Wildman–Crippen MR) is 96.3 cm³/mol. The molecule has 1 heterocycles. The number of carbonyl (C=O) groups is 1. The van der Waals surface area contributed by atoms with Crippen molar-refractivity contribution in [2.24, 2.45) is 5.92 Å². The van der Waals surface area contributed by atoms with Gasteiger partial charge in [-0.15, -0.1) is 0 Å². The van der Waals surface area contributed by atoms with Gasteiger partial charge in [-0.3, -0.25) is 0 Å². The van der Waals surface area contributed by atoms with Crippen molar-refractivity contribution in [3.8, 4) is 5.75 Å². The van der Waals surface area contributed by atoms with Gasteiger partial charge in [0.25, 0.3) is 0 Å². The Bertz CT molecular complexity index is 710. The van der Waals surface area contributed by atoms with Crippen LogP contribution in [0.25, 0.3) is 0 Å². The van der Waals surface area contributed by atoms with Gasteiger partial charge in [-0.2, -0.15) is 0 Å². The lowest BCUT2D eigenvalue weighted by Crippen LogP contribution is -2.43. The van der Waals surface area contributed by atoms with E-state index in [1.807, 2.05) is 12.1 Å². The molecule has 0 bridgehead atoms. The standard InChI is InChI=1S/C17H25N3O4S/c1-24-16-5-3-2-4-15(16)19-17(21)20-10-8-13(9-11-20)12-18-25(22,23)14-6-7-14/h2-5,13-14,18H,6-12H2,1H3,(H,19,21). The number of rotatable bonds is 6. The zero-order chi connectivity index (χ0) is 17.9. The third-order valence-electron chi connectivity index (χ3n) is 4.79. The number of hydrogen-bond acceptors (Lipinski definition) is 4. The van der Waals surface area contributed by atoms with E-state index in [9.17, 15) is 13.2 Å². The summed E-state index contributed by atoms with van der Waals surface area (Å²) in [6.45, 7) is 1.72. The Morgan fingerprint density at radius 3 is 2.52 bits per heavy atom. The quantitative estimate of drug-likeness (QED) is 0.805. The average Bonchev–Trinajstić information content (AvgIpc) is 3.47. The molecular formula is C17H25N3O4S. The number of benzene rings is 1. The molecule has 0 unspecified atom stereocenters. The number of likely N-dealkylation sites (tertiary alicyclic amines) is 1. The first kappa shape index (κ1) is 18.0. The van der Waals surface area contributed by atoms with Gasteiger partial charge in [-0.25, -0.2) is 17.9 Å². The smallest absolute Gasteiger partial charge is 0.321 e. The Hall–Kier alpha value is -1.80. The molecule has 0 atom stereocenters. The molecule has 3 rings (SSSR count). The largest absolute Gasteiger partial charge is 0.495 e. The summed E-state index contributed by atoms with van der Waals surface area (Å²) in [5, 5.41) is 2.69. The summed E-state index contributed by atoms with van der Waals surface area (Å²) < 4.78 is 31.7. The van der Waals surface area contributed by atoms with Gasteiger partial charge in [-0.1, -0.05) is 12.1 Å². The highest BCUT2D eigenvalue weighted by atomic mass is 32.2. The molecule has 2 N–H and O–H groups in total. The maximum atomic E-state index is 12.4. The van der Waals surface area contributed by atoms with Gasteiger partial charge in [-0.05, 0) is 43.7 Å². The summed E-state index contributed by atoms with van der Waals surface area (Å²) in [6, 6.07) is 7.14. The highest BCUT2D eigenvalue weighted by Gasteiger charge is 2.36. The van der Waals surface area contributed by atoms with Crippen LogP contribution in [0.4, 0.5) is 10.5 Å². The number of para-hydroxylation sites is 2. The second-order valence-corrected chi connectivity index (χ2v) is 8.70. The average molecular weight is 367 g/mol. The third kappa shape index (κ3) is 4.64. The number of urea groups is 1. The normalized spacial score (nSPS) is 18.8. The monoisotopic (exact) mass is 367 g/mol. The Morgan fingerprint density at radius 1 is 1.20 bits per heavy atom. The van der Waals surface area contributed by atoms with E-state index in [0.717, 1.165) is 25.7 Å². The molecule has 7 nitrogen and oxygen atoms in total. The molecule has 1 saturated heterocycles. The summed E-state index contributed by atoms with van der Waals surface area (Å²) in [4.78, 5) is 14.2. The zero-order valence-electron chi connectivity index (χ0n) is 14.4. The van der Waals surface area contributed by atoms with E-state index in [0.29, 0.717) is 31.1 Å². The first-order chi connectivity index (χ1) is 12.0. The van der Waals surface area contributed by atoms with Crippen LogP contribution in [0.2, 0.25) is 0 Å². The van der Waals surface area contributed by atoms with Gasteiger partial charge in [0.1, 0.15) is 5.75 Å². The molecule has 2 fully saturated rings. The molecule has 2 aliphatic rings. The Labute approximate surface area is 148 Å². The van der Waals surface area contributed by atoms with Gasteiger partial charge in [0.15, 0.2) is 0 Å². The molecular weight excluding hydrogens is 342 g/mol. The molecule has 1 aromatic rings. The lowest BCUT2D eigenvalue weighted by molar-refractivity contribution is 0.183. The number of carbonyl (C=O) groups excluding carboxylic acids is 1. The number of sulfonamides is 1. The van der Waals surface area contributed by atoms with Crippen molar-refractivity contribution in [3.05, 3.63) is 24.3 Å². The molecule has 0 spiro atoms. The van der Waals surface area contributed by atoms with E-state index >= 15 is 0 Å². The molecule has 1 aliphatic heterocycles. The SMILES string of the molecule is COc1ccccc1NC(=O)N1CCC(CNS(=O)(=O)C2CC2)CC1. The van der Waals surface area contributed by atoms with Crippen LogP contribution in [-0.2, 0) is 10.0 Å². The number of piperidine rings is 1. The molecule has 1 saturated carbocycles. The van der Waals surface area contributed by atoms with Gasteiger partial charge < -0.3 is 15.0 Å². The molecule has 2 amide bonds. The molecule has 1 aromatic carbocycles. The molecule has 0 radical (unpaired) electrons. The Morgan fingerprint density at radius 2 is 1.88 bits per heavy atom. The van der Waals surface area contributed by atoms with E-state index in [1.165, 1.54) is 0 Å². The summed E-state index contributed by atoms with van der Waals surface area (Å²) in [7, 11) is -1.55. The lowest BCUT2D eigenvalue weighted by atomic mass is 9.97. The Balaban J connectivity index is 1.46. The van der Waals surface area contributed by atoms with Crippen LogP contribution in [-0.4, -0.2) is 51.3 Å². The summed E-state index contributed by atoms with van der Waals surface area (Å²) in [6.07, 6.45) is 3.15. The van der Waals surface area contributed by atoms with Gasteiger partial charge in [0, 0.05) is 19.6 Å². The van der Waals surface area contributed by atoms with Crippen LogP contribution in [0.3, 0.4) is 0 Å². The number of hydrogen-bond donors (Lipinski definition) is 2. The van der Waals surface area contributed by atoms with E-state index in [4.69, 9.17) is 4.74 Å². The van der Waals surface area contributed by atoms with E-state index in [1.54, 1.807) is 24.1 Å². The zero-order valence-corrected chi connectivity index (χ0v) is 15.2. The fraction of sp³-hybridized carbons (Fsp3) is 0.588. The number of nitrogens with zero attached hydrogens (tertiary/aromatic N) is 1. The lowest BCUT2D eigenvalue weighted by Gasteiger charge is -2.32. The van der Waals surface area contributed by atoms with Crippen LogP contribution in [0.5, 0.6) is 5.75 Å². The van der Waals surface area contributed by atoms with Crippen LogP contribution in [0.15, 0.2) is 24.3 Å². The minimum atomic E-state index is -3.12. The number of anilines is 1. The van der Waals surface area contributed by atoms with Crippen LogP contribution in [0.1, 0.15) is 25.7 Å². The molecule has 1 aliphatic carbocycles. The first-order valence-electron chi connectivity index (χ1n) is 8.67. The van der Waals surface area contributed by atoms with Crippen molar-refractivity contribution in [2.75, 3.05) is 32.1 Å². The van der Waals surface area contributed by atoms with E-state index < -0.39 is 10.0 Å². The van der Waals surface area contributed by atoms with Crippen molar-refractivity contribution in [1.82, 2.24) is 9.62 Å². The second kappa shape index (κ2) is 7.61. The predicted octanol–water partition coefficient (Wildman–Crippen LogP) is 2.02.